The van der Waals surface area contributed by atoms with Crippen LogP contribution in [0.5, 0.6) is 0 Å². The molecule has 118 valence electrons. The van der Waals surface area contributed by atoms with Crippen LogP contribution in [0, 0.1) is 12.3 Å². The van der Waals surface area contributed by atoms with Gasteiger partial charge in [0.2, 0.25) is 10.0 Å². The zero-order valence-corrected chi connectivity index (χ0v) is 15.1. The first-order chi connectivity index (χ1) is 9.42. The Morgan fingerprint density at radius 2 is 1.90 bits per heavy atom. The molecule has 1 amide bonds. The van der Waals surface area contributed by atoms with Crippen molar-refractivity contribution in [3.63, 3.8) is 0 Å². The highest BCUT2D eigenvalue weighted by molar-refractivity contribution is 9.10. The fraction of sp³-hybridized carbons (Fsp3) is 0.500. The summed E-state index contributed by atoms with van der Waals surface area (Å²) < 4.78 is 23.6. The number of carbonyl (C=O) groups excluding carboxylic acids is 1. The molecule has 3 N–H and O–H groups in total. The monoisotopic (exact) mass is 376 g/mol. The minimum absolute atomic E-state index is 0.0437. The van der Waals surface area contributed by atoms with E-state index in [1.165, 1.54) is 6.07 Å². The third-order valence-corrected chi connectivity index (χ3v) is 4.53. The lowest BCUT2D eigenvalue weighted by atomic mass is 9.92. The molecule has 7 heteroatoms. The number of amides is 1. The van der Waals surface area contributed by atoms with Gasteiger partial charge in [0.1, 0.15) is 0 Å². The molecule has 1 rings (SSSR count). The van der Waals surface area contributed by atoms with Crippen molar-refractivity contribution in [3.8, 4) is 0 Å². The van der Waals surface area contributed by atoms with Crippen molar-refractivity contribution in [1.29, 1.82) is 0 Å². The van der Waals surface area contributed by atoms with Crippen LogP contribution < -0.4 is 10.5 Å². The Bertz CT molecular complexity index is 649. The molecule has 0 aliphatic heterocycles. The molecule has 0 saturated heterocycles. The Kier molecular flexibility index (Phi) is 5.57. The lowest BCUT2D eigenvalue weighted by molar-refractivity contribution is 0.0948. The summed E-state index contributed by atoms with van der Waals surface area (Å²) in [5.41, 5.74) is 0.780. The van der Waals surface area contributed by atoms with Gasteiger partial charge in [0.25, 0.3) is 5.91 Å². The van der Waals surface area contributed by atoms with Crippen LogP contribution in [0.25, 0.3) is 0 Å². The number of primary sulfonamides is 1. The number of hydrogen-bond donors (Lipinski definition) is 2. The number of halogens is 1. The summed E-state index contributed by atoms with van der Waals surface area (Å²) in [4.78, 5) is 12.2. The summed E-state index contributed by atoms with van der Waals surface area (Å²) in [6.07, 6.45) is 0.827. The van der Waals surface area contributed by atoms with Crippen LogP contribution in [-0.4, -0.2) is 20.9 Å². The van der Waals surface area contributed by atoms with Crippen LogP contribution in [0.1, 0.15) is 43.1 Å². The van der Waals surface area contributed by atoms with E-state index in [0.29, 0.717) is 22.1 Å². The molecule has 0 unspecified atom stereocenters. The molecule has 0 bridgehead atoms. The van der Waals surface area contributed by atoms with E-state index in [9.17, 15) is 13.2 Å². The molecular weight excluding hydrogens is 356 g/mol. The topological polar surface area (TPSA) is 89.3 Å². The van der Waals surface area contributed by atoms with Crippen LogP contribution in [0.2, 0.25) is 0 Å². The third-order valence-electron chi connectivity index (χ3n) is 3.04. The summed E-state index contributed by atoms with van der Waals surface area (Å²) in [6.45, 7) is 8.36. The predicted octanol–water partition coefficient (Wildman–Crippen LogP) is 2.57. The number of rotatable bonds is 4. The summed E-state index contributed by atoms with van der Waals surface area (Å²) in [5.74, 6) is -0.303. The maximum absolute atomic E-state index is 12.2. The van der Waals surface area contributed by atoms with Crippen LogP contribution in [-0.2, 0) is 10.0 Å². The van der Waals surface area contributed by atoms with Gasteiger partial charge >= 0.3 is 0 Å². The largest absolute Gasteiger partial charge is 0.352 e. The van der Waals surface area contributed by atoms with E-state index in [2.05, 4.69) is 42.0 Å². The SMILES string of the molecule is Cc1c(C(=O)NCCC(C)(C)C)cc(Br)cc1S(N)(=O)=O. The average molecular weight is 377 g/mol. The molecule has 0 aliphatic rings. The third kappa shape index (κ3) is 5.41. The Labute approximate surface area is 134 Å². The zero-order valence-electron chi connectivity index (χ0n) is 12.7. The van der Waals surface area contributed by atoms with Crippen LogP contribution in [0.4, 0.5) is 0 Å². The average Bonchev–Trinajstić information content (AvgIpc) is 2.28. The van der Waals surface area contributed by atoms with Crippen LogP contribution >= 0.6 is 15.9 Å². The second kappa shape index (κ2) is 6.46. The molecule has 21 heavy (non-hydrogen) atoms. The van der Waals surface area contributed by atoms with Crippen molar-refractivity contribution < 1.29 is 13.2 Å². The summed E-state index contributed by atoms with van der Waals surface area (Å²) in [6, 6.07) is 2.99. The van der Waals surface area contributed by atoms with Crippen LogP contribution in [0.3, 0.4) is 0 Å². The Morgan fingerprint density at radius 3 is 2.38 bits per heavy atom. The first-order valence-corrected chi connectivity index (χ1v) is 8.87. The molecule has 5 nitrogen and oxygen atoms in total. The van der Waals surface area contributed by atoms with Gasteiger partial charge in [0.05, 0.1) is 4.90 Å². The van der Waals surface area contributed by atoms with E-state index in [-0.39, 0.29) is 16.2 Å². The molecule has 0 spiro atoms. The van der Waals surface area contributed by atoms with Gasteiger partial charge in [-0.25, -0.2) is 13.6 Å². The summed E-state index contributed by atoms with van der Waals surface area (Å²) >= 11 is 3.21. The highest BCUT2D eigenvalue weighted by Crippen LogP contribution is 2.24. The van der Waals surface area contributed by atoms with Gasteiger partial charge in [-0.05, 0) is 36.5 Å². The maximum atomic E-state index is 12.2. The van der Waals surface area contributed by atoms with Gasteiger partial charge in [0.15, 0.2) is 0 Å². The zero-order chi connectivity index (χ0) is 16.4. The standard InChI is InChI=1S/C14H21BrN2O3S/c1-9-11(13(18)17-6-5-14(2,3)4)7-10(15)8-12(9)21(16,19)20/h7-8H,5-6H2,1-4H3,(H,17,18)(H2,16,19,20). The first-order valence-electron chi connectivity index (χ1n) is 6.53. The van der Waals surface area contributed by atoms with Gasteiger partial charge < -0.3 is 5.32 Å². The molecule has 0 aromatic heterocycles. The van der Waals surface area contributed by atoms with Gasteiger partial charge in [0, 0.05) is 16.6 Å². The number of nitrogens with one attached hydrogen (secondary N) is 1. The van der Waals surface area contributed by atoms with E-state index in [1.807, 2.05) is 0 Å². The highest BCUT2D eigenvalue weighted by Gasteiger charge is 2.19. The quantitative estimate of drug-likeness (QED) is 0.845. The van der Waals surface area contributed by atoms with Crippen molar-refractivity contribution in [2.45, 2.75) is 39.0 Å². The summed E-state index contributed by atoms with van der Waals surface area (Å²) in [5, 5.41) is 7.98. The maximum Gasteiger partial charge on any atom is 0.251 e. The van der Waals surface area contributed by atoms with E-state index >= 15 is 0 Å². The van der Waals surface area contributed by atoms with Crippen molar-refractivity contribution >= 4 is 31.9 Å². The van der Waals surface area contributed by atoms with Crippen molar-refractivity contribution in [2.75, 3.05) is 6.54 Å². The number of nitrogens with two attached hydrogens (primary N) is 1. The van der Waals surface area contributed by atoms with Gasteiger partial charge in [-0.3, -0.25) is 4.79 Å². The fourth-order valence-electron chi connectivity index (χ4n) is 1.83. The number of hydrogen-bond acceptors (Lipinski definition) is 3. The van der Waals surface area contributed by atoms with Crippen molar-refractivity contribution in [1.82, 2.24) is 5.32 Å². The Hall–Kier alpha value is -0.920. The lowest BCUT2D eigenvalue weighted by Gasteiger charge is -2.18. The molecule has 1 aromatic carbocycles. The molecule has 0 aliphatic carbocycles. The molecule has 0 atom stereocenters. The fourth-order valence-corrected chi connectivity index (χ4v) is 3.27. The molecule has 0 heterocycles. The molecule has 1 aromatic rings. The lowest BCUT2D eigenvalue weighted by Crippen LogP contribution is -2.28. The van der Waals surface area contributed by atoms with E-state index in [0.717, 1.165) is 6.42 Å². The Morgan fingerprint density at radius 1 is 1.33 bits per heavy atom. The highest BCUT2D eigenvalue weighted by atomic mass is 79.9. The van der Waals surface area contributed by atoms with E-state index in [4.69, 9.17) is 5.14 Å². The van der Waals surface area contributed by atoms with Gasteiger partial charge in [-0.15, -0.1) is 0 Å². The second-order valence-corrected chi connectivity index (χ2v) is 8.63. The van der Waals surface area contributed by atoms with Gasteiger partial charge in [-0.2, -0.15) is 0 Å². The Balaban J connectivity index is 3.03. The molecular formula is C14H21BrN2O3S. The first kappa shape index (κ1) is 18.1. The minimum atomic E-state index is -3.87. The van der Waals surface area contributed by atoms with Crippen molar-refractivity contribution in [3.05, 3.63) is 27.7 Å². The molecule has 0 fully saturated rings. The normalized spacial score (nSPS) is 12.3. The van der Waals surface area contributed by atoms with E-state index < -0.39 is 10.0 Å². The van der Waals surface area contributed by atoms with E-state index in [1.54, 1.807) is 13.0 Å². The smallest absolute Gasteiger partial charge is 0.251 e. The predicted molar refractivity (Wildman–Crippen MR) is 86.7 cm³/mol. The number of carbonyl (C=O) groups is 1. The van der Waals surface area contributed by atoms with Gasteiger partial charge in [-0.1, -0.05) is 36.7 Å². The number of benzene rings is 1. The molecule has 0 radical (unpaired) electrons. The summed E-state index contributed by atoms with van der Waals surface area (Å²) in [7, 11) is -3.87. The van der Waals surface area contributed by atoms with Crippen molar-refractivity contribution in [2.24, 2.45) is 10.6 Å². The number of sulfonamides is 1. The second-order valence-electron chi connectivity index (χ2n) is 6.19. The molecule has 0 saturated carbocycles. The minimum Gasteiger partial charge on any atom is -0.352 e. The van der Waals surface area contributed by atoms with Crippen LogP contribution in [0.15, 0.2) is 21.5 Å².